The van der Waals surface area contributed by atoms with Crippen LogP contribution in [0.1, 0.15) is 31.4 Å². The number of hydrogen-bond acceptors (Lipinski definition) is 5. The van der Waals surface area contributed by atoms with Crippen LogP contribution in [0.15, 0.2) is 47.4 Å². The van der Waals surface area contributed by atoms with Crippen LogP contribution in [0.4, 0.5) is 0 Å². The van der Waals surface area contributed by atoms with Gasteiger partial charge in [-0.15, -0.1) is 0 Å². The molecule has 1 aromatic carbocycles. The van der Waals surface area contributed by atoms with Crippen LogP contribution in [0.2, 0.25) is 0 Å². The van der Waals surface area contributed by atoms with Gasteiger partial charge in [-0.3, -0.25) is 14.1 Å². The zero-order valence-electron chi connectivity index (χ0n) is 18.8. The van der Waals surface area contributed by atoms with Crippen molar-refractivity contribution < 1.29 is 9.47 Å². The minimum atomic E-state index is -0.0973. The van der Waals surface area contributed by atoms with Crippen LogP contribution in [0.25, 0.3) is 22.5 Å². The van der Waals surface area contributed by atoms with Crippen molar-refractivity contribution in [1.29, 1.82) is 0 Å². The van der Waals surface area contributed by atoms with Gasteiger partial charge in [-0.2, -0.15) is 0 Å². The minimum absolute atomic E-state index is 0.0973. The molecule has 31 heavy (non-hydrogen) atoms. The molecule has 0 saturated heterocycles. The molecule has 1 aliphatic rings. The van der Waals surface area contributed by atoms with Gasteiger partial charge < -0.3 is 9.47 Å². The van der Waals surface area contributed by atoms with Crippen molar-refractivity contribution in [3.8, 4) is 22.8 Å². The number of methoxy groups -OCH3 is 2. The minimum Gasteiger partial charge on any atom is -0.493 e. The summed E-state index contributed by atoms with van der Waals surface area (Å²) < 4.78 is 12.4. The fraction of sp³-hybridized carbons (Fsp3) is 0.360. The van der Waals surface area contributed by atoms with Crippen molar-refractivity contribution in [2.75, 3.05) is 27.3 Å². The van der Waals surface area contributed by atoms with Crippen molar-refractivity contribution in [3.05, 3.63) is 64.1 Å². The van der Waals surface area contributed by atoms with E-state index in [0.717, 1.165) is 36.2 Å². The number of nitrogens with zero attached hydrogens (tertiary/aromatic N) is 3. The fourth-order valence-electron chi connectivity index (χ4n) is 4.10. The van der Waals surface area contributed by atoms with E-state index in [-0.39, 0.29) is 5.56 Å². The second-order valence-corrected chi connectivity index (χ2v) is 8.22. The lowest BCUT2D eigenvalue weighted by molar-refractivity contribution is 0.245. The highest BCUT2D eigenvalue weighted by Gasteiger charge is 2.17. The smallest absolute Gasteiger partial charge is 0.258 e. The average Bonchev–Trinajstić information content (AvgIpc) is 2.79. The summed E-state index contributed by atoms with van der Waals surface area (Å²) in [5.74, 6) is 1.25. The van der Waals surface area contributed by atoms with Crippen LogP contribution >= 0.6 is 0 Å². The standard InChI is InChI=1S/C25H29N3O3/c1-16(2)27-10-8-18(9-11-27)20-12-17(3)25-26-21(14-24(29)28(25)15-20)19-6-7-22(30-4)23(13-19)31-5/h6-8,12-16H,9-11H2,1-5H3. The third-order valence-electron chi connectivity index (χ3n) is 5.97. The summed E-state index contributed by atoms with van der Waals surface area (Å²) in [5.41, 5.74) is 5.36. The molecule has 0 bridgehead atoms. The van der Waals surface area contributed by atoms with E-state index in [2.05, 4.69) is 30.9 Å². The number of hydrogen-bond donors (Lipinski definition) is 0. The van der Waals surface area contributed by atoms with E-state index in [4.69, 9.17) is 14.5 Å². The molecule has 0 aliphatic carbocycles. The van der Waals surface area contributed by atoms with Gasteiger partial charge in [0.25, 0.3) is 5.56 Å². The first-order valence-corrected chi connectivity index (χ1v) is 10.6. The predicted molar refractivity (Wildman–Crippen MR) is 124 cm³/mol. The monoisotopic (exact) mass is 419 g/mol. The maximum atomic E-state index is 13.0. The quantitative estimate of drug-likeness (QED) is 0.621. The molecule has 0 N–H and O–H groups in total. The van der Waals surface area contributed by atoms with Crippen LogP contribution in [-0.4, -0.2) is 47.6 Å². The zero-order chi connectivity index (χ0) is 22.1. The van der Waals surface area contributed by atoms with Gasteiger partial charge in [-0.05, 0) is 68.2 Å². The normalized spacial score (nSPS) is 14.7. The van der Waals surface area contributed by atoms with E-state index >= 15 is 0 Å². The number of fused-ring (bicyclic) bond motifs is 1. The first-order valence-electron chi connectivity index (χ1n) is 10.6. The van der Waals surface area contributed by atoms with Gasteiger partial charge in [0.15, 0.2) is 11.5 Å². The summed E-state index contributed by atoms with van der Waals surface area (Å²) in [6.45, 7) is 8.43. The van der Waals surface area contributed by atoms with Gasteiger partial charge in [-0.1, -0.05) is 6.08 Å². The molecule has 2 aromatic heterocycles. The highest BCUT2D eigenvalue weighted by Crippen LogP contribution is 2.32. The third-order valence-corrected chi connectivity index (χ3v) is 5.97. The first kappa shape index (κ1) is 21.1. The van der Waals surface area contributed by atoms with Crippen LogP contribution < -0.4 is 15.0 Å². The van der Waals surface area contributed by atoms with Crippen LogP contribution in [0, 0.1) is 6.92 Å². The van der Waals surface area contributed by atoms with Gasteiger partial charge in [0.2, 0.25) is 0 Å². The summed E-state index contributed by atoms with van der Waals surface area (Å²) in [4.78, 5) is 20.3. The van der Waals surface area contributed by atoms with Crippen LogP contribution in [0.3, 0.4) is 0 Å². The number of rotatable bonds is 5. The number of ether oxygens (including phenoxy) is 2. The van der Waals surface area contributed by atoms with Gasteiger partial charge in [0.1, 0.15) is 5.65 Å². The second kappa shape index (κ2) is 8.55. The fourth-order valence-corrected chi connectivity index (χ4v) is 4.10. The SMILES string of the molecule is COc1ccc(-c2cc(=O)n3cc(C4=CCN(C(C)C)CC4)cc(C)c3n2)cc1OC. The highest BCUT2D eigenvalue weighted by molar-refractivity contribution is 5.70. The number of benzene rings is 1. The van der Waals surface area contributed by atoms with Crippen molar-refractivity contribution in [1.82, 2.24) is 14.3 Å². The Morgan fingerprint density at radius 1 is 1.03 bits per heavy atom. The van der Waals surface area contributed by atoms with E-state index in [1.54, 1.807) is 24.7 Å². The van der Waals surface area contributed by atoms with Gasteiger partial charge in [0.05, 0.1) is 19.9 Å². The Morgan fingerprint density at radius 3 is 2.45 bits per heavy atom. The highest BCUT2D eigenvalue weighted by atomic mass is 16.5. The van der Waals surface area contributed by atoms with E-state index in [9.17, 15) is 4.79 Å². The summed E-state index contributed by atoms with van der Waals surface area (Å²) in [5, 5.41) is 0. The topological polar surface area (TPSA) is 56.1 Å². The molecule has 0 atom stereocenters. The molecular formula is C25H29N3O3. The average molecular weight is 420 g/mol. The van der Waals surface area contributed by atoms with Crippen molar-refractivity contribution in [3.63, 3.8) is 0 Å². The Hall–Kier alpha value is -3.12. The maximum absolute atomic E-state index is 13.0. The lowest BCUT2D eigenvalue weighted by Gasteiger charge is -2.29. The molecule has 0 fully saturated rings. The lowest BCUT2D eigenvalue weighted by atomic mass is 9.99. The van der Waals surface area contributed by atoms with Gasteiger partial charge in [0, 0.05) is 37.0 Å². The maximum Gasteiger partial charge on any atom is 0.258 e. The van der Waals surface area contributed by atoms with Gasteiger partial charge in [-0.25, -0.2) is 4.98 Å². The summed E-state index contributed by atoms with van der Waals surface area (Å²) in [6, 6.07) is 9.80. The van der Waals surface area contributed by atoms with E-state index < -0.39 is 0 Å². The van der Waals surface area contributed by atoms with Gasteiger partial charge >= 0.3 is 0 Å². The van der Waals surface area contributed by atoms with Crippen molar-refractivity contribution in [2.45, 2.75) is 33.2 Å². The Balaban J connectivity index is 1.75. The Morgan fingerprint density at radius 2 is 1.81 bits per heavy atom. The largest absolute Gasteiger partial charge is 0.493 e. The molecule has 1 aliphatic heterocycles. The summed E-state index contributed by atoms with van der Waals surface area (Å²) >= 11 is 0. The Bertz CT molecular complexity index is 1210. The first-order chi connectivity index (χ1) is 14.9. The molecule has 3 aromatic rings. The predicted octanol–water partition coefficient (Wildman–Crippen LogP) is 4.18. The molecule has 0 radical (unpaired) electrons. The Labute approximate surface area is 182 Å². The van der Waals surface area contributed by atoms with E-state index in [1.807, 2.05) is 31.3 Å². The molecule has 6 heteroatoms. The van der Waals surface area contributed by atoms with E-state index in [0.29, 0.717) is 28.9 Å². The summed E-state index contributed by atoms with van der Waals surface area (Å²) in [6.07, 6.45) is 5.18. The number of pyridine rings is 1. The molecule has 0 amide bonds. The van der Waals surface area contributed by atoms with Crippen LogP contribution in [0.5, 0.6) is 11.5 Å². The number of aryl methyl sites for hydroxylation is 1. The lowest BCUT2D eigenvalue weighted by Crippen LogP contribution is -2.34. The molecular weight excluding hydrogens is 390 g/mol. The van der Waals surface area contributed by atoms with Crippen LogP contribution in [-0.2, 0) is 0 Å². The summed E-state index contributed by atoms with van der Waals surface area (Å²) in [7, 11) is 3.19. The van der Waals surface area contributed by atoms with E-state index in [1.165, 1.54) is 5.57 Å². The molecule has 0 saturated carbocycles. The zero-order valence-corrected chi connectivity index (χ0v) is 18.8. The third kappa shape index (κ3) is 4.08. The van der Waals surface area contributed by atoms with Crippen molar-refractivity contribution >= 4 is 11.2 Å². The molecule has 6 nitrogen and oxygen atoms in total. The molecule has 3 heterocycles. The number of aromatic nitrogens is 2. The molecule has 0 unspecified atom stereocenters. The molecule has 4 rings (SSSR count). The van der Waals surface area contributed by atoms with Crippen molar-refractivity contribution in [2.24, 2.45) is 0 Å². The molecule has 162 valence electrons. The molecule has 0 spiro atoms. The second-order valence-electron chi connectivity index (χ2n) is 8.22. The Kier molecular flexibility index (Phi) is 5.83.